The third kappa shape index (κ3) is 3.83. The van der Waals surface area contributed by atoms with E-state index in [1.165, 1.54) is 0 Å². The molecule has 0 bridgehead atoms. The Labute approximate surface area is 233 Å². The van der Waals surface area contributed by atoms with Crippen LogP contribution in [0.15, 0.2) is 122 Å². The van der Waals surface area contributed by atoms with E-state index in [-0.39, 0.29) is 0 Å². The summed E-state index contributed by atoms with van der Waals surface area (Å²) in [7, 11) is 0. The number of rotatable bonds is 4. The minimum Gasteiger partial charge on any atom is -0.254 e. The Balaban J connectivity index is 1.37. The number of hydrogen-bond donors (Lipinski definition) is 0. The molecule has 7 heteroatoms. The number of hydrogen-bond acceptors (Lipinski definition) is 6. The third-order valence-electron chi connectivity index (χ3n) is 7.06. The first-order chi connectivity index (χ1) is 19.8. The molecule has 0 atom stereocenters. The van der Waals surface area contributed by atoms with E-state index < -0.39 is 0 Å². The SMILES string of the molecule is c1ccc(-n2cc(-c3cc(-c4nc5ccccc5s4)cc(-c4cc5cccnc5c5ncccc45)c3)nn2)cc1. The van der Waals surface area contributed by atoms with E-state index in [1.54, 1.807) is 16.0 Å². The van der Waals surface area contributed by atoms with E-state index >= 15 is 0 Å². The summed E-state index contributed by atoms with van der Waals surface area (Å²) in [5.74, 6) is 0. The lowest BCUT2D eigenvalue weighted by molar-refractivity contribution is 0.804. The molecule has 0 aliphatic heterocycles. The molecule has 0 radical (unpaired) electrons. The second-order valence-corrected chi connectivity index (χ2v) is 10.6. The Kier molecular flexibility index (Phi) is 5.21. The van der Waals surface area contributed by atoms with Gasteiger partial charge in [0.05, 0.1) is 33.1 Å². The van der Waals surface area contributed by atoms with E-state index in [0.717, 1.165) is 70.7 Å². The number of thiazole rings is 1. The van der Waals surface area contributed by atoms with Crippen LogP contribution in [0, 0.1) is 0 Å². The van der Waals surface area contributed by atoms with Crippen molar-refractivity contribution in [1.29, 1.82) is 0 Å². The first-order valence-corrected chi connectivity index (χ1v) is 13.7. The van der Waals surface area contributed by atoms with Crippen LogP contribution in [-0.2, 0) is 0 Å². The zero-order valence-electron chi connectivity index (χ0n) is 21.1. The lowest BCUT2D eigenvalue weighted by atomic mass is 9.94. The summed E-state index contributed by atoms with van der Waals surface area (Å²) >= 11 is 1.69. The normalized spacial score (nSPS) is 11.5. The molecular formula is C33H20N6S. The van der Waals surface area contributed by atoms with Crippen LogP contribution in [0.5, 0.6) is 0 Å². The standard InChI is InChI=1S/C33H20N6S/c1-2-9-25(10-3-1)39-20-29(37-38-39)23-16-22(17-24(18-23)33-36-28-12-4-5-13-30(28)40-33)27-19-21-8-6-14-34-31(21)32-26(27)11-7-15-35-32/h1-20H. The van der Waals surface area contributed by atoms with Crippen molar-refractivity contribution in [2.45, 2.75) is 0 Å². The van der Waals surface area contributed by atoms with Gasteiger partial charge in [-0.15, -0.1) is 16.4 Å². The van der Waals surface area contributed by atoms with Gasteiger partial charge < -0.3 is 0 Å². The number of para-hydroxylation sites is 2. The minimum absolute atomic E-state index is 0.790. The van der Waals surface area contributed by atoms with E-state index in [9.17, 15) is 0 Å². The van der Waals surface area contributed by atoms with Crippen molar-refractivity contribution in [2.75, 3.05) is 0 Å². The van der Waals surface area contributed by atoms with Crippen LogP contribution in [0.1, 0.15) is 0 Å². The molecule has 0 spiro atoms. The summed E-state index contributed by atoms with van der Waals surface area (Å²) in [6, 6.07) is 35.2. The second kappa shape index (κ2) is 9.18. The molecule has 6 nitrogen and oxygen atoms in total. The zero-order chi connectivity index (χ0) is 26.5. The number of benzene rings is 4. The van der Waals surface area contributed by atoms with Crippen molar-refractivity contribution >= 4 is 43.4 Å². The Hall–Kier alpha value is -5.27. The van der Waals surface area contributed by atoms with Crippen molar-refractivity contribution < 1.29 is 0 Å². The molecule has 0 N–H and O–H groups in total. The smallest absolute Gasteiger partial charge is 0.124 e. The van der Waals surface area contributed by atoms with E-state index in [4.69, 9.17) is 9.97 Å². The first kappa shape index (κ1) is 22.7. The summed E-state index contributed by atoms with van der Waals surface area (Å²) in [5, 5.41) is 12.0. The fourth-order valence-corrected chi connectivity index (χ4v) is 6.12. The maximum absolute atomic E-state index is 4.97. The van der Waals surface area contributed by atoms with Gasteiger partial charge in [-0.1, -0.05) is 47.7 Å². The lowest BCUT2D eigenvalue weighted by Crippen LogP contribution is -1.93. The average molecular weight is 533 g/mol. The van der Waals surface area contributed by atoms with Crippen LogP contribution in [-0.4, -0.2) is 29.9 Å². The largest absolute Gasteiger partial charge is 0.254 e. The molecule has 4 aromatic heterocycles. The molecular weight excluding hydrogens is 512 g/mol. The van der Waals surface area contributed by atoms with Gasteiger partial charge in [-0.05, 0) is 71.8 Å². The molecule has 0 aliphatic rings. The van der Waals surface area contributed by atoms with Crippen LogP contribution in [0.25, 0.3) is 70.7 Å². The summed E-state index contributed by atoms with van der Waals surface area (Å²) in [5.41, 5.74) is 8.68. The summed E-state index contributed by atoms with van der Waals surface area (Å²) in [4.78, 5) is 14.3. The summed E-state index contributed by atoms with van der Waals surface area (Å²) < 4.78 is 2.96. The van der Waals surface area contributed by atoms with Crippen molar-refractivity contribution in [3.05, 3.63) is 122 Å². The minimum atomic E-state index is 0.790. The summed E-state index contributed by atoms with van der Waals surface area (Å²) in [6.45, 7) is 0. The predicted octanol–water partition coefficient (Wildman–Crippen LogP) is 7.97. The quantitative estimate of drug-likeness (QED) is 0.215. The highest BCUT2D eigenvalue weighted by Gasteiger charge is 2.16. The van der Waals surface area contributed by atoms with E-state index in [1.807, 2.05) is 67.1 Å². The third-order valence-corrected chi connectivity index (χ3v) is 8.14. The average Bonchev–Trinajstić information content (AvgIpc) is 3.69. The Bertz CT molecular complexity index is 2150. The Morgan fingerprint density at radius 1 is 0.650 bits per heavy atom. The number of pyridine rings is 2. The molecule has 8 rings (SSSR count). The van der Waals surface area contributed by atoms with Gasteiger partial charge in [0.25, 0.3) is 0 Å². The fraction of sp³-hybridized carbons (Fsp3) is 0. The topological polar surface area (TPSA) is 69.4 Å². The molecule has 8 aromatic rings. The molecule has 0 amide bonds. The lowest BCUT2D eigenvalue weighted by Gasteiger charge is -2.12. The van der Waals surface area contributed by atoms with Gasteiger partial charge >= 0.3 is 0 Å². The van der Waals surface area contributed by atoms with Gasteiger partial charge in [0.1, 0.15) is 10.7 Å². The molecule has 4 aromatic carbocycles. The molecule has 0 saturated heterocycles. The molecule has 40 heavy (non-hydrogen) atoms. The molecule has 0 fully saturated rings. The van der Waals surface area contributed by atoms with Crippen LogP contribution in [0.3, 0.4) is 0 Å². The highest BCUT2D eigenvalue weighted by Crippen LogP contribution is 2.39. The van der Waals surface area contributed by atoms with Gasteiger partial charge in [-0.2, -0.15) is 0 Å². The molecule has 0 aliphatic carbocycles. The molecule has 4 heterocycles. The van der Waals surface area contributed by atoms with Crippen molar-refractivity contribution in [3.8, 4) is 38.6 Å². The van der Waals surface area contributed by atoms with Gasteiger partial charge in [-0.3, -0.25) is 9.97 Å². The maximum Gasteiger partial charge on any atom is 0.124 e. The summed E-state index contributed by atoms with van der Waals surface area (Å²) in [6.07, 6.45) is 5.61. The van der Waals surface area contributed by atoms with E-state index in [2.05, 4.69) is 69.9 Å². The van der Waals surface area contributed by atoms with Gasteiger partial charge in [0.2, 0.25) is 0 Å². The highest BCUT2D eigenvalue weighted by molar-refractivity contribution is 7.21. The number of fused-ring (bicyclic) bond motifs is 4. The molecule has 0 unspecified atom stereocenters. The second-order valence-electron chi connectivity index (χ2n) is 9.57. The monoisotopic (exact) mass is 532 g/mol. The van der Waals surface area contributed by atoms with Crippen LogP contribution < -0.4 is 0 Å². The Morgan fingerprint density at radius 3 is 2.33 bits per heavy atom. The molecule has 0 saturated carbocycles. The van der Waals surface area contributed by atoms with E-state index in [0.29, 0.717) is 0 Å². The van der Waals surface area contributed by atoms with Crippen LogP contribution >= 0.6 is 11.3 Å². The first-order valence-electron chi connectivity index (χ1n) is 12.9. The maximum atomic E-state index is 4.97. The highest BCUT2D eigenvalue weighted by atomic mass is 32.1. The van der Waals surface area contributed by atoms with Gasteiger partial charge in [-0.25, -0.2) is 9.67 Å². The Morgan fingerprint density at radius 2 is 1.43 bits per heavy atom. The van der Waals surface area contributed by atoms with Gasteiger partial charge in [0, 0.05) is 34.3 Å². The molecule has 188 valence electrons. The van der Waals surface area contributed by atoms with Crippen molar-refractivity contribution in [2.24, 2.45) is 0 Å². The van der Waals surface area contributed by atoms with Crippen molar-refractivity contribution in [1.82, 2.24) is 29.9 Å². The number of aromatic nitrogens is 6. The zero-order valence-corrected chi connectivity index (χ0v) is 22.0. The van der Waals surface area contributed by atoms with Crippen LogP contribution in [0.2, 0.25) is 0 Å². The predicted molar refractivity (Wildman–Crippen MR) is 161 cm³/mol. The van der Waals surface area contributed by atoms with Crippen molar-refractivity contribution in [3.63, 3.8) is 0 Å². The van der Waals surface area contributed by atoms with Gasteiger partial charge in [0.15, 0.2) is 0 Å². The fourth-order valence-electron chi connectivity index (χ4n) is 5.17. The number of nitrogens with zero attached hydrogens (tertiary/aromatic N) is 6. The van der Waals surface area contributed by atoms with Crippen LogP contribution in [0.4, 0.5) is 0 Å².